The van der Waals surface area contributed by atoms with Crippen molar-refractivity contribution < 1.29 is 18.7 Å². The lowest BCUT2D eigenvalue weighted by Gasteiger charge is -2.31. The first kappa shape index (κ1) is 19.5. The van der Waals surface area contributed by atoms with Crippen LogP contribution in [0.15, 0.2) is 18.2 Å². The van der Waals surface area contributed by atoms with Crippen molar-refractivity contribution in [2.24, 2.45) is 0 Å². The Kier molecular flexibility index (Phi) is 5.90. The highest BCUT2D eigenvalue weighted by Crippen LogP contribution is 2.40. The van der Waals surface area contributed by atoms with Crippen molar-refractivity contribution in [3.8, 4) is 6.07 Å². The van der Waals surface area contributed by atoms with Gasteiger partial charge in [-0.15, -0.1) is 0 Å². The van der Waals surface area contributed by atoms with Gasteiger partial charge in [0.25, 0.3) is 0 Å². The lowest BCUT2D eigenvalue weighted by atomic mass is 9.76. The summed E-state index contributed by atoms with van der Waals surface area (Å²) in [7, 11) is 0. The van der Waals surface area contributed by atoms with Gasteiger partial charge in [0, 0.05) is 12.0 Å². The third-order valence-electron chi connectivity index (χ3n) is 5.06. The van der Waals surface area contributed by atoms with Gasteiger partial charge in [-0.1, -0.05) is 13.0 Å². The molecule has 0 saturated carbocycles. The summed E-state index contributed by atoms with van der Waals surface area (Å²) in [4.78, 5) is 24.8. The number of carbonyl (C=O) groups is 2. The molecule has 0 bridgehead atoms. The predicted octanol–water partition coefficient (Wildman–Crippen LogP) is 2.97. The molecule has 2 aliphatic heterocycles. The summed E-state index contributed by atoms with van der Waals surface area (Å²) in [6.07, 6.45) is 0.555. The van der Waals surface area contributed by atoms with E-state index in [-0.39, 0.29) is 19.0 Å². The molecule has 3 rings (SSSR count). The number of carbonyl (C=O) groups excluding carboxylic acids is 2. The second-order valence-electron chi connectivity index (χ2n) is 6.74. The van der Waals surface area contributed by atoms with Gasteiger partial charge in [0.15, 0.2) is 0 Å². The summed E-state index contributed by atoms with van der Waals surface area (Å²) in [5.41, 5.74) is -0.0102. The average Bonchev–Trinajstić information content (AvgIpc) is 3.07. The quantitative estimate of drug-likeness (QED) is 0.834. The molecule has 0 radical (unpaired) electrons. The number of amides is 2. The highest BCUT2D eigenvalue weighted by molar-refractivity contribution is 7.99. The van der Waals surface area contributed by atoms with E-state index in [0.29, 0.717) is 30.5 Å². The monoisotopic (exact) mass is 391 g/mol. The molecule has 8 heteroatoms. The van der Waals surface area contributed by atoms with Crippen molar-refractivity contribution >= 4 is 29.4 Å². The van der Waals surface area contributed by atoms with Gasteiger partial charge in [-0.3, -0.25) is 9.69 Å². The van der Waals surface area contributed by atoms with E-state index in [1.165, 1.54) is 11.0 Å². The zero-order valence-electron chi connectivity index (χ0n) is 15.2. The fourth-order valence-corrected chi connectivity index (χ4v) is 4.60. The second kappa shape index (κ2) is 8.17. The molecule has 6 nitrogen and oxygen atoms in total. The van der Waals surface area contributed by atoms with Crippen molar-refractivity contribution in [1.82, 2.24) is 5.32 Å². The van der Waals surface area contributed by atoms with Gasteiger partial charge in [0.2, 0.25) is 5.91 Å². The molecule has 2 heterocycles. The van der Waals surface area contributed by atoms with E-state index in [1.54, 1.807) is 30.8 Å². The number of benzene rings is 1. The summed E-state index contributed by atoms with van der Waals surface area (Å²) in [5.74, 6) is 1.07. The van der Waals surface area contributed by atoms with E-state index < -0.39 is 23.4 Å². The smallest absolute Gasteiger partial charge is 0.414 e. The van der Waals surface area contributed by atoms with Crippen molar-refractivity contribution in [1.29, 1.82) is 5.26 Å². The van der Waals surface area contributed by atoms with Gasteiger partial charge < -0.3 is 10.1 Å². The highest BCUT2D eigenvalue weighted by Gasteiger charge is 2.38. The summed E-state index contributed by atoms with van der Waals surface area (Å²) in [6, 6.07) is 6.88. The van der Waals surface area contributed by atoms with Crippen molar-refractivity contribution in [3.05, 3.63) is 29.6 Å². The minimum atomic E-state index is -0.799. The topological polar surface area (TPSA) is 82.4 Å². The van der Waals surface area contributed by atoms with Crippen molar-refractivity contribution in [2.75, 3.05) is 29.5 Å². The van der Waals surface area contributed by atoms with Crippen LogP contribution < -0.4 is 10.2 Å². The standard InChI is InChI=1S/C19H22FN3O3S/c1-2-17(24)22-10-14-11-23(18(25)26-14)13-3-4-15(16(20)9-13)19(12-21)5-7-27-8-6-19/h3-4,9,14H,2,5-8,10-11H2,1H3,(H,22,24)/t14-/m0/s1. The van der Waals surface area contributed by atoms with Gasteiger partial charge >= 0.3 is 6.09 Å². The summed E-state index contributed by atoms with van der Waals surface area (Å²) in [6.45, 7) is 2.21. The van der Waals surface area contributed by atoms with Gasteiger partial charge in [0.1, 0.15) is 11.9 Å². The molecule has 27 heavy (non-hydrogen) atoms. The van der Waals surface area contributed by atoms with Crippen LogP contribution in [0.25, 0.3) is 0 Å². The Hall–Kier alpha value is -2.27. The summed E-state index contributed by atoms with van der Waals surface area (Å²) in [5, 5.41) is 12.3. The number of cyclic esters (lactones) is 1. The van der Waals surface area contributed by atoms with E-state index in [1.807, 2.05) is 0 Å². The van der Waals surface area contributed by atoms with E-state index in [2.05, 4.69) is 11.4 Å². The predicted molar refractivity (Wildman–Crippen MR) is 101 cm³/mol. The molecule has 0 aliphatic carbocycles. The Morgan fingerprint density at radius 1 is 1.48 bits per heavy atom. The van der Waals surface area contributed by atoms with Gasteiger partial charge in [-0.25, -0.2) is 9.18 Å². The molecule has 2 aliphatic rings. The Morgan fingerprint density at radius 3 is 2.85 bits per heavy atom. The first-order valence-corrected chi connectivity index (χ1v) is 10.2. The molecule has 2 saturated heterocycles. The maximum Gasteiger partial charge on any atom is 0.414 e. The van der Waals surface area contributed by atoms with E-state index in [0.717, 1.165) is 11.5 Å². The van der Waals surface area contributed by atoms with Gasteiger partial charge in [-0.2, -0.15) is 17.0 Å². The van der Waals surface area contributed by atoms with Crippen LogP contribution >= 0.6 is 11.8 Å². The molecular weight excluding hydrogens is 369 g/mol. The highest BCUT2D eigenvalue weighted by atomic mass is 32.2. The third-order valence-corrected chi connectivity index (χ3v) is 6.05. The van der Waals surface area contributed by atoms with Crippen LogP contribution in [0.1, 0.15) is 31.7 Å². The number of halogens is 1. The Labute approximate surface area is 162 Å². The number of ether oxygens (including phenoxy) is 1. The minimum Gasteiger partial charge on any atom is -0.442 e. The van der Waals surface area contributed by atoms with Crippen molar-refractivity contribution in [3.63, 3.8) is 0 Å². The number of nitriles is 1. The number of hydrogen-bond acceptors (Lipinski definition) is 5. The Bertz CT molecular complexity index is 774. The molecule has 0 spiro atoms. The Morgan fingerprint density at radius 2 is 2.22 bits per heavy atom. The molecule has 0 aromatic heterocycles. The van der Waals surface area contributed by atoms with Crippen molar-refractivity contribution in [2.45, 2.75) is 37.7 Å². The molecular formula is C19H22FN3O3S. The molecule has 2 amide bonds. The zero-order chi connectivity index (χ0) is 19.4. The SMILES string of the molecule is CCC(=O)NC[C@H]1CN(c2ccc(C3(C#N)CCSCC3)c(F)c2)C(=O)O1. The summed E-state index contributed by atoms with van der Waals surface area (Å²) < 4.78 is 20.1. The molecule has 0 unspecified atom stereocenters. The maximum absolute atomic E-state index is 14.9. The fraction of sp³-hybridized carbons (Fsp3) is 0.526. The lowest BCUT2D eigenvalue weighted by Crippen LogP contribution is -2.34. The minimum absolute atomic E-state index is 0.118. The largest absolute Gasteiger partial charge is 0.442 e. The van der Waals surface area contributed by atoms with Crippen LogP contribution in [0.5, 0.6) is 0 Å². The van der Waals surface area contributed by atoms with E-state index in [9.17, 15) is 19.2 Å². The molecule has 144 valence electrons. The van der Waals surface area contributed by atoms with Crippen LogP contribution in [0.4, 0.5) is 14.9 Å². The van der Waals surface area contributed by atoms with Crippen LogP contribution in [0.3, 0.4) is 0 Å². The number of nitrogens with zero attached hydrogens (tertiary/aromatic N) is 2. The normalized spacial score (nSPS) is 21.4. The summed E-state index contributed by atoms with van der Waals surface area (Å²) >= 11 is 1.77. The first-order valence-electron chi connectivity index (χ1n) is 9.03. The van der Waals surface area contributed by atoms with E-state index >= 15 is 0 Å². The molecule has 2 fully saturated rings. The van der Waals surface area contributed by atoms with Gasteiger partial charge in [0.05, 0.1) is 30.3 Å². The number of rotatable bonds is 5. The number of nitrogens with one attached hydrogen (secondary N) is 1. The maximum atomic E-state index is 14.9. The molecule has 1 N–H and O–H groups in total. The zero-order valence-corrected chi connectivity index (χ0v) is 16.0. The van der Waals surface area contributed by atoms with Gasteiger partial charge in [-0.05, 0) is 36.5 Å². The van der Waals surface area contributed by atoms with Crippen LogP contribution in [0.2, 0.25) is 0 Å². The van der Waals surface area contributed by atoms with Crippen LogP contribution in [-0.2, 0) is 14.9 Å². The fourth-order valence-electron chi connectivity index (χ4n) is 3.41. The molecule has 1 aromatic carbocycles. The first-order chi connectivity index (χ1) is 13.0. The Balaban J connectivity index is 1.75. The van der Waals surface area contributed by atoms with Crippen LogP contribution in [0, 0.1) is 17.1 Å². The lowest BCUT2D eigenvalue weighted by molar-refractivity contribution is -0.121. The number of anilines is 1. The average molecular weight is 391 g/mol. The van der Waals surface area contributed by atoms with Crippen LogP contribution in [-0.4, -0.2) is 42.7 Å². The third kappa shape index (κ3) is 4.03. The number of hydrogen-bond donors (Lipinski definition) is 1. The second-order valence-corrected chi connectivity index (χ2v) is 7.97. The number of thioether (sulfide) groups is 1. The van der Waals surface area contributed by atoms with E-state index in [4.69, 9.17) is 4.74 Å². The molecule has 1 aromatic rings. The molecule has 1 atom stereocenters.